The molecular weight excluding hydrogens is 286 g/mol. The lowest BCUT2D eigenvalue weighted by Crippen LogP contribution is -2.22. The van der Waals surface area contributed by atoms with Gasteiger partial charge in [0.2, 0.25) is 0 Å². The molecule has 114 valence electrons. The van der Waals surface area contributed by atoms with Gasteiger partial charge in [0.05, 0.1) is 24.0 Å². The average Bonchev–Trinajstić information content (AvgIpc) is 3.04. The minimum absolute atomic E-state index is 0.678. The van der Waals surface area contributed by atoms with E-state index in [1.165, 1.54) is 5.56 Å². The van der Waals surface area contributed by atoms with E-state index < -0.39 is 0 Å². The molecule has 0 unspecified atom stereocenters. The normalized spacial score (nSPS) is 10.7. The zero-order valence-electron chi connectivity index (χ0n) is 12.9. The third kappa shape index (κ3) is 3.62. The lowest BCUT2D eigenvalue weighted by Gasteiger charge is -2.18. The van der Waals surface area contributed by atoms with Crippen molar-refractivity contribution in [2.45, 2.75) is 13.2 Å². The molecular formula is C18H17N5. The lowest BCUT2D eigenvalue weighted by atomic mass is 10.1. The molecule has 0 spiro atoms. The second-order valence-corrected chi connectivity index (χ2v) is 5.42. The molecule has 0 saturated heterocycles. The van der Waals surface area contributed by atoms with Crippen molar-refractivity contribution >= 4 is 0 Å². The summed E-state index contributed by atoms with van der Waals surface area (Å²) in [4.78, 5) is 6.34. The van der Waals surface area contributed by atoms with E-state index in [9.17, 15) is 0 Å². The maximum atomic E-state index is 8.84. The van der Waals surface area contributed by atoms with Crippen LogP contribution in [-0.2, 0) is 13.2 Å². The van der Waals surface area contributed by atoms with Gasteiger partial charge in [0.1, 0.15) is 0 Å². The first-order chi connectivity index (χ1) is 11.3. The Morgan fingerprint density at radius 2 is 1.96 bits per heavy atom. The maximum Gasteiger partial charge on any atom is 0.0991 e. The number of hydrogen-bond donors (Lipinski definition) is 0. The van der Waals surface area contributed by atoms with Gasteiger partial charge in [-0.05, 0) is 42.9 Å². The van der Waals surface area contributed by atoms with E-state index in [2.05, 4.69) is 21.1 Å². The first-order valence-corrected chi connectivity index (χ1v) is 7.36. The minimum Gasteiger partial charge on any atom is -0.283 e. The molecule has 2 aromatic heterocycles. The summed E-state index contributed by atoms with van der Waals surface area (Å²) in [5, 5.41) is 13.2. The van der Waals surface area contributed by atoms with Crippen LogP contribution in [0.3, 0.4) is 0 Å². The number of nitriles is 1. The Balaban J connectivity index is 1.70. The van der Waals surface area contributed by atoms with Crippen molar-refractivity contribution in [1.29, 1.82) is 5.26 Å². The van der Waals surface area contributed by atoms with Crippen LogP contribution in [-0.4, -0.2) is 26.7 Å². The Morgan fingerprint density at radius 3 is 2.65 bits per heavy atom. The van der Waals surface area contributed by atoms with Crippen LogP contribution in [0, 0.1) is 11.3 Å². The maximum absolute atomic E-state index is 8.84. The fourth-order valence-corrected chi connectivity index (χ4v) is 2.48. The second kappa shape index (κ2) is 6.86. The fraction of sp³-hybridized carbons (Fsp3) is 0.167. The molecule has 0 radical (unpaired) electrons. The van der Waals surface area contributed by atoms with Crippen molar-refractivity contribution in [3.63, 3.8) is 0 Å². The van der Waals surface area contributed by atoms with Gasteiger partial charge in [0.25, 0.3) is 0 Å². The summed E-state index contributed by atoms with van der Waals surface area (Å²) in [5.74, 6) is 0. The van der Waals surface area contributed by atoms with Gasteiger partial charge in [-0.25, -0.2) is 0 Å². The smallest absolute Gasteiger partial charge is 0.0991 e. The molecule has 2 heterocycles. The monoisotopic (exact) mass is 303 g/mol. The van der Waals surface area contributed by atoms with Gasteiger partial charge in [0, 0.05) is 30.7 Å². The Morgan fingerprint density at radius 1 is 1.13 bits per heavy atom. The lowest BCUT2D eigenvalue weighted by molar-refractivity contribution is 0.248. The summed E-state index contributed by atoms with van der Waals surface area (Å²) in [7, 11) is 2.05. The third-order valence-electron chi connectivity index (χ3n) is 3.58. The zero-order chi connectivity index (χ0) is 16.1. The van der Waals surface area contributed by atoms with E-state index in [0.717, 1.165) is 17.8 Å². The van der Waals surface area contributed by atoms with Crippen LogP contribution in [0.25, 0.3) is 11.3 Å². The van der Waals surface area contributed by atoms with Crippen LogP contribution in [0.5, 0.6) is 0 Å². The topological polar surface area (TPSA) is 57.7 Å². The molecule has 5 nitrogen and oxygen atoms in total. The summed E-state index contributed by atoms with van der Waals surface area (Å²) >= 11 is 0. The standard InChI is InChI=1S/C18H17N5/c1-22(13-16-6-4-15(11-19)5-7-16)14-23-18(8-10-21-23)17-3-2-9-20-12-17/h2-10,12H,13-14H2,1H3. The number of aromatic nitrogens is 3. The van der Waals surface area contributed by atoms with Gasteiger partial charge in [-0.15, -0.1) is 0 Å². The fourth-order valence-electron chi connectivity index (χ4n) is 2.48. The summed E-state index contributed by atoms with van der Waals surface area (Å²) in [6, 6.07) is 15.7. The van der Waals surface area contributed by atoms with Crippen LogP contribution in [0.2, 0.25) is 0 Å². The number of hydrogen-bond acceptors (Lipinski definition) is 4. The SMILES string of the molecule is CN(Cc1ccc(C#N)cc1)Cn1nccc1-c1cccnc1. The molecule has 23 heavy (non-hydrogen) atoms. The highest BCUT2D eigenvalue weighted by Gasteiger charge is 2.08. The number of rotatable bonds is 5. The van der Waals surface area contributed by atoms with E-state index in [4.69, 9.17) is 5.26 Å². The molecule has 5 heteroatoms. The minimum atomic E-state index is 0.678. The molecule has 0 amide bonds. The van der Waals surface area contributed by atoms with Gasteiger partial charge in [-0.1, -0.05) is 12.1 Å². The van der Waals surface area contributed by atoms with Crippen LogP contribution in [0.15, 0.2) is 61.1 Å². The quantitative estimate of drug-likeness (QED) is 0.727. The molecule has 0 N–H and O–H groups in total. The first kappa shape index (κ1) is 14.9. The number of benzene rings is 1. The highest BCUT2D eigenvalue weighted by Crippen LogP contribution is 2.17. The molecule has 3 rings (SSSR count). The Labute approximate surface area is 135 Å². The van der Waals surface area contributed by atoms with Gasteiger partial charge in [0.15, 0.2) is 0 Å². The first-order valence-electron chi connectivity index (χ1n) is 7.36. The van der Waals surface area contributed by atoms with Gasteiger partial charge < -0.3 is 0 Å². The summed E-state index contributed by atoms with van der Waals surface area (Å²) < 4.78 is 1.96. The van der Waals surface area contributed by atoms with Crippen LogP contribution in [0.4, 0.5) is 0 Å². The third-order valence-corrected chi connectivity index (χ3v) is 3.58. The van der Waals surface area contributed by atoms with Crippen molar-refractivity contribution < 1.29 is 0 Å². The second-order valence-electron chi connectivity index (χ2n) is 5.42. The molecule has 0 fully saturated rings. The van der Waals surface area contributed by atoms with Gasteiger partial charge in [-0.3, -0.25) is 14.6 Å². The Hall–Kier alpha value is -2.97. The van der Waals surface area contributed by atoms with E-state index in [0.29, 0.717) is 12.2 Å². The van der Waals surface area contributed by atoms with Crippen molar-refractivity contribution in [3.8, 4) is 17.3 Å². The van der Waals surface area contributed by atoms with Gasteiger partial charge in [-0.2, -0.15) is 10.4 Å². The van der Waals surface area contributed by atoms with Crippen molar-refractivity contribution in [2.75, 3.05) is 7.05 Å². The highest BCUT2D eigenvalue weighted by molar-refractivity contribution is 5.57. The summed E-state index contributed by atoms with van der Waals surface area (Å²) in [5.41, 5.74) is 3.95. The van der Waals surface area contributed by atoms with E-state index >= 15 is 0 Å². The van der Waals surface area contributed by atoms with Crippen LogP contribution >= 0.6 is 0 Å². The van der Waals surface area contributed by atoms with E-state index in [1.807, 2.05) is 60.4 Å². The molecule has 1 aromatic carbocycles. The van der Waals surface area contributed by atoms with E-state index in [1.54, 1.807) is 12.4 Å². The van der Waals surface area contributed by atoms with Crippen molar-refractivity contribution in [1.82, 2.24) is 19.7 Å². The molecule has 0 bridgehead atoms. The molecule has 0 aliphatic heterocycles. The van der Waals surface area contributed by atoms with Crippen LogP contribution in [0.1, 0.15) is 11.1 Å². The number of nitrogens with zero attached hydrogens (tertiary/aromatic N) is 5. The Bertz CT molecular complexity index is 799. The van der Waals surface area contributed by atoms with Crippen molar-refractivity contribution in [3.05, 3.63) is 72.2 Å². The predicted molar refractivity (Wildman–Crippen MR) is 88.1 cm³/mol. The molecule has 0 saturated carbocycles. The Kier molecular flexibility index (Phi) is 4.46. The highest BCUT2D eigenvalue weighted by atomic mass is 15.4. The van der Waals surface area contributed by atoms with Crippen molar-refractivity contribution in [2.24, 2.45) is 0 Å². The average molecular weight is 303 g/mol. The predicted octanol–water partition coefficient (Wildman–Crippen LogP) is 2.91. The van der Waals surface area contributed by atoms with Crippen LogP contribution < -0.4 is 0 Å². The zero-order valence-corrected chi connectivity index (χ0v) is 12.9. The summed E-state index contributed by atoms with van der Waals surface area (Å²) in [6.07, 6.45) is 5.41. The largest absolute Gasteiger partial charge is 0.283 e. The summed E-state index contributed by atoms with van der Waals surface area (Å²) in [6.45, 7) is 1.47. The molecule has 3 aromatic rings. The molecule has 0 aliphatic carbocycles. The van der Waals surface area contributed by atoms with E-state index in [-0.39, 0.29) is 0 Å². The molecule has 0 atom stereocenters. The molecule has 0 aliphatic rings. The van der Waals surface area contributed by atoms with Gasteiger partial charge >= 0.3 is 0 Å². The number of pyridine rings is 1.